The van der Waals surface area contributed by atoms with Crippen LogP contribution in [-0.2, 0) is 13.2 Å². The Morgan fingerprint density at radius 2 is 1.96 bits per heavy atom. The van der Waals surface area contributed by atoms with Crippen LogP contribution in [0.25, 0.3) is 0 Å². The predicted molar refractivity (Wildman–Crippen MR) is 96.9 cm³/mol. The molecule has 0 fully saturated rings. The van der Waals surface area contributed by atoms with Crippen molar-refractivity contribution in [3.63, 3.8) is 0 Å². The molecule has 1 heterocycles. The van der Waals surface area contributed by atoms with Gasteiger partial charge in [0.05, 0.1) is 6.54 Å². The maximum atomic E-state index is 13.0. The third-order valence-corrected chi connectivity index (χ3v) is 4.04. The number of rotatable bonds is 6. The van der Waals surface area contributed by atoms with E-state index in [1.54, 1.807) is 41.9 Å². The Morgan fingerprint density at radius 1 is 1.22 bits per heavy atom. The van der Waals surface area contributed by atoms with Gasteiger partial charge in [0.15, 0.2) is 0 Å². The minimum absolute atomic E-state index is 0.00388. The van der Waals surface area contributed by atoms with E-state index in [0.29, 0.717) is 17.3 Å². The van der Waals surface area contributed by atoms with Gasteiger partial charge >= 0.3 is 6.16 Å². The summed E-state index contributed by atoms with van der Waals surface area (Å²) in [6, 6.07) is 12.8. The normalized spacial score (nSPS) is 10.6. The van der Waals surface area contributed by atoms with E-state index >= 15 is 0 Å². The summed E-state index contributed by atoms with van der Waals surface area (Å²) in [4.78, 5) is 10.7. The van der Waals surface area contributed by atoms with Crippen LogP contribution in [0, 0.1) is 12.7 Å². The molecular formula is C19H16ClFN2O4. The summed E-state index contributed by atoms with van der Waals surface area (Å²) in [5.41, 5.74) is 2.30. The Hall–Kier alpha value is -3.06. The molecule has 0 amide bonds. The first-order valence-corrected chi connectivity index (χ1v) is 8.39. The van der Waals surface area contributed by atoms with Gasteiger partial charge in [0.1, 0.15) is 18.2 Å². The minimum Gasteiger partial charge on any atom is -0.489 e. The number of ether oxygens (including phenoxy) is 2. The van der Waals surface area contributed by atoms with E-state index in [4.69, 9.17) is 21.4 Å². The highest BCUT2D eigenvalue weighted by molar-refractivity contribution is 6.30. The lowest BCUT2D eigenvalue weighted by molar-refractivity contribution is 0.142. The number of aryl methyl sites for hydroxylation is 1. The summed E-state index contributed by atoms with van der Waals surface area (Å²) in [5, 5.41) is 13.4. The van der Waals surface area contributed by atoms with Crippen molar-refractivity contribution in [1.82, 2.24) is 9.78 Å². The van der Waals surface area contributed by atoms with Crippen molar-refractivity contribution in [2.24, 2.45) is 0 Å². The van der Waals surface area contributed by atoms with Crippen LogP contribution in [0.3, 0.4) is 0 Å². The summed E-state index contributed by atoms with van der Waals surface area (Å²) < 4.78 is 25.0. The van der Waals surface area contributed by atoms with Crippen LogP contribution in [0.2, 0.25) is 5.02 Å². The molecule has 27 heavy (non-hydrogen) atoms. The quantitative estimate of drug-likeness (QED) is 0.619. The molecule has 1 aromatic heterocycles. The highest BCUT2D eigenvalue weighted by Crippen LogP contribution is 2.26. The first-order chi connectivity index (χ1) is 12.9. The van der Waals surface area contributed by atoms with Crippen LogP contribution in [0.15, 0.2) is 48.5 Å². The van der Waals surface area contributed by atoms with Gasteiger partial charge in [-0.25, -0.2) is 9.18 Å². The smallest absolute Gasteiger partial charge is 0.489 e. The lowest BCUT2D eigenvalue weighted by Gasteiger charge is -2.13. The molecule has 0 spiro atoms. The first-order valence-electron chi connectivity index (χ1n) is 8.01. The SMILES string of the molecule is Cc1cc(OC(=O)O)nn1Cc1cc(Cl)ccc1OCc1ccc(F)cc1. The van der Waals surface area contributed by atoms with Gasteiger partial charge in [0.25, 0.3) is 0 Å². The number of hydrogen-bond donors (Lipinski definition) is 1. The average Bonchev–Trinajstić information content (AvgIpc) is 2.94. The Labute approximate surface area is 159 Å². The van der Waals surface area contributed by atoms with E-state index in [1.165, 1.54) is 18.2 Å². The summed E-state index contributed by atoms with van der Waals surface area (Å²) in [7, 11) is 0. The third-order valence-electron chi connectivity index (χ3n) is 3.80. The Balaban J connectivity index is 1.78. The number of carbonyl (C=O) groups is 1. The van der Waals surface area contributed by atoms with Crippen molar-refractivity contribution in [2.75, 3.05) is 0 Å². The molecule has 3 aromatic rings. The molecular weight excluding hydrogens is 375 g/mol. The zero-order valence-corrected chi connectivity index (χ0v) is 15.1. The van der Waals surface area contributed by atoms with Crippen LogP contribution < -0.4 is 9.47 Å². The molecule has 0 unspecified atom stereocenters. The summed E-state index contributed by atoms with van der Waals surface area (Å²) >= 11 is 6.10. The molecule has 0 saturated carbocycles. The molecule has 0 aliphatic heterocycles. The van der Waals surface area contributed by atoms with Crippen LogP contribution in [-0.4, -0.2) is 21.0 Å². The summed E-state index contributed by atoms with van der Waals surface area (Å²) in [6.07, 6.45) is -1.43. The first kappa shape index (κ1) is 18.7. The topological polar surface area (TPSA) is 73.6 Å². The third kappa shape index (κ3) is 4.98. The van der Waals surface area contributed by atoms with Gasteiger partial charge < -0.3 is 14.6 Å². The lowest BCUT2D eigenvalue weighted by Crippen LogP contribution is -2.08. The second-order valence-corrected chi connectivity index (χ2v) is 6.25. The van der Waals surface area contributed by atoms with Gasteiger partial charge in [-0.1, -0.05) is 23.7 Å². The second kappa shape index (κ2) is 8.09. The predicted octanol–water partition coefficient (Wildman–Crippen LogP) is 4.67. The Morgan fingerprint density at radius 3 is 2.67 bits per heavy atom. The number of hydrogen-bond acceptors (Lipinski definition) is 4. The summed E-state index contributed by atoms with van der Waals surface area (Å²) in [5.74, 6) is 0.287. The van der Waals surface area contributed by atoms with E-state index in [1.807, 2.05) is 0 Å². The highest BCUT2D eigenvalue weighted by Gasteiger charge is 2.12. The lowest BCUT2D eigenvalue weighted by atomic mass is 10.2. The average molecular weight is 391 g/mol. The Kier molecular flexibility index (Phi) is 5.61. The number of halogens is 2. The number of carboxylic acid groups (broad SMARTS) is 1. The van der Waals surface area contributed by atoms with Gasteiger partial charge in [-0.05, 0) is 42.8 Å². The van der Waals surface area contributed by atoms with E-state index in [9.17, 15) is 9.18 Å². The monoisotopic (exact) mass is 390 g/mol. The minimum atomic E-state index is -1.43. The van der Waals surface area contributed by atoms with Crippen molar-refractivity contribution >= 4 is 17.8 Å². The van der Waals surface area contributed by atoms with Crippen molar-refractivity contribution in [3.05, 3.63) is 76.2 Å². The molecule has 0 saturated heterocycles. The zero-order valence-electron chi connectivity index (χ0n) is 14.4. The molecule has 3 rings (SSSR count). The van der Waals surface area contributed by atoms with Gasteiger partial charge in [0, 0.05) is 22.3 Å². The fraction of sp³-hybridized carbons (Fsp3) is 0.158. The van der Waals surface area contributed by atoms with Crippen LogP contribution in [0.1, 0.15) is 16.8 Å². The van der Waals surface area contributed by atoms with E-state index < -0.39 is 6.16 Å². The second-order valence-electron chi connectivity index (χ2n) is 5.82. The number of benzene rings is 2. The molecule has 2 aromatic carbocycles. The van der Waals surface area contributed by atoms with Crippen LogP contribution in [0.5, 0.6) is 11.6 Å². The van der Waals surface area contributed by atoms with Gasteiger partial charge in [-0.2, -0.15) is 0 Å². The van der Waals surface area contributed by atoms with Gasteiger partial charge in [-0.15, -0.1) is 5.10 Å². The molecule has 0 aliphatic rings. The van der Waals surface area contributed by atoms with Crippen LogP contribution in [0.4, 0.5) is 9.18 Å². The van der Waals surface area contributed by atoms with Crippen molar-refractivity contribution < 1.29 is 23.8 Å². The molecule has 0 bridgehead atoms. The fourth-order valence-corrected chi connectivity index (χ4v) is 2.69. The Bertz CT molecular complexity index is 957. The molecule has 0 atom stereocenters. The van der Waals surface area contributed by atoms with Crippen LogP contribution >= 0.6 is 11.6 Å². The molecule has 8 heteroatoms. The molecule has 1 N–H and O–H groups in total. The summed E-state index contributed by atoms with van der Waals surface area (Å²) in [6.45, 7) is 2.36. The highest BCUT2D eigenvalue weighted by atomic mass is 35.5. The standard InChI is InChI=1S/C19H16ClFN2O4/c1-12-8-18(27-19(24)25)22-23(12)10-14-9-15(20)4-7-17(14)26-11-13-2-5-16(21)6-3-13/h2-9H,10-11H2,1H3,(H,24,25). The largest absolute Gasteiger partial charge is 0.512 e. The van der Waals surface area contributed by atoms with E-state index in [0.717, 1.165) is 16.8 Å². The maximum absolute atomic E-state index is 13.0. The van der Waals surface area contributed by atoms with Gasteiger partial charge in [0.2, 0.25) is 5.88 Å². The van der Waals surface area contributed by atoms with Crippen molar-refractivity contribution in [2.45, 2.75) is 20.1 Å². The van der Waals surface area contributed by atoms with E-state index in [-0.39, 0.29) is 18.3 Å². The number of aromatic nitrogens is 2. The zero-order chi connectivity index (χ0) is 19.4. The molecule has 0 radical (unpaired) electrons. The fourth-order valence-electron chi connectivity index (χ4n) is 2.49. The molecule has 6 nitrogen and oxygen atoms in total. The van der Waals surface area contributed by atoms with E-state index in [2.05, 4.69) is 9.84 Å². The van der Waals surface area contributed by atoms with Gasteiger partial charge in [-0.3, -0.25) is 4.68 Å². The maximum Gasteiger partial charge on any atom is 0.512 e. The van der Waals surface area contributed by atoms with Crippen molar-refractivity contribution in [1.29, 1.82) is 0 Å². The molecule has 0 aliphatic carbocycles. The molecule has 140 valence electrons. The van der Waals surface area contributed by atoms with Crippen molar-refractivity contribution in [3.8, 4) is 11.6 Å². The number of nitrogens with zero attached hydrogens (tertiary/aromatic N) is 2.